The minimum Gasteiger partial charge on any atom is -0.435 e. The summed E-state index contributed by atoms with van der Waals surface area (Å²) in [6, 6.07) is 1.47. The van der Waals surface area contributed by atoms with Crippen molar-refractivity contribution in [2.75, 3.05) is 23.3 Å². The van der Waals surface area contributed by atoms with Crippen molar-refractivity contribution in [3.8, 4) is 11.4 Å². The number of carbonyl (C=O) groups is 1. The molecule has 2 aliphatic rings. The van der Waals surface area contributed by atoms with Crippen LogP contribution in [0.5, 0.6) is 0 Å². The van der Waals surface area contributed by atoms with Gasteiger partial charge in [0.15, 0.2) is 6.10 Å². The number of halogens is 5. The van der Waals surface area contributed by atoms with Crippen LogP contribution in [0.4, 0.5) is 38.4 Å². The first-order chi connectivity index (χ1) is 13.6. The van der Waals surface area contributed by atoms with Crippen molar-refractivity contribution in [3.63, 3.8) is 0 Å². The molecule has 1 amide bonds. The zero-order valence-electron chi connectivity index (χ0n) is 14.3. The standard InChI is InChI=1S/C16H12F5N5O3/c17-13(18)12-10-11(22-5-23-14(10)25-15(28)29-12)8-1-6(16(19,20)21)2-9(24-8)26-3-7(27)4-26/h1-2,5,7,12-13,27H,3-4H2,(H,22,23,25,28). The number of alkyl halides is 5. The van der Waals surface area contributed by atoms with Crippen LogP contribution in [0.15, 0.2) is 18.5 Å². The average molecular weight is 417 g/mol. The molecule has 2 aromatic heterocycles. The van der Waals surface area contributed by atoms with Crippen LogP contribution in [0.25, 0.3) is 11.4 Å². The molecule has 8 nitrogen and oxygen atoms in total. The van der Waals surface area contributed by atoms with Crippen LogP contribution in [0.2, 0.25) is 0 Å². The van der Waals surface area contributed by atoms with Gasteiger partial charge in [0, 0.05) is 13.1 Å². The van der Waals surface area contributed by atoms with Crippen LogP contribution >= 0.6 is 0 Å². The van der Waals surface area contributed by atoms with Crippen molar-refractivity contribution in [2.24, 2.45) is 0 Å². The summed E-state index contributed by atoms with van der Waals surface area (Å²) >= 11 is 0. The molecule has 1 unspecified atom stereocenters. The summed E-state index contributed by atoms with van der Waals surface area (Å²) in [4.78, 5) is 24.5. The van der Waals surface area contributed by atoms with Crippen molar-refractivity contribution < 1.29 is 36.6 Å². The highest BCUT2D eigenvalue weighted by Crippen LogP contribution is 2.41. The predicted molar refractivity (Wildman–Crippen MR) is 87.3 cm³/mol. The van der Waals surface area contributed by atoms with E-state index in [1.807, 2.05) is 0 Å². The Morgan fingerprint density at radius 2 is 1.97 bits per heavy atom. The third-order valence-electron chi connectivity index (χ3n) is 4.42. The number of cyclic esters (lactones) is 1. The number of pyridine rings is 1. The molecule has 13 heteroatoms. The predicted octanol–water partition coefficient (Wildman–Crippen LogP) is 2.61. The fourth-order valence-electron chi connectivity index (χ4n) is 3.05. The van der Waals surface area contributed by atoms with Crippen LogP contribution in [-0.2, 0) is 10.9 Å². The quantitative estimate of drug-likeness (QED) is 0.741. The number of anilines is 2. The highest BCUT2D eigenvalue weighted by Gasteiger charge is 2.39. The lowest BCUT2D eigenvalue weighted by Crippen LogP contribution is -2.51. The number of carbonyl (C=O) groups excluding carboxylic acids is 1. The molecule has 1 fully saturated rings. The van der Waals surface area contributed by atoms with Crippen LogP contribution in [0, 0.1) is 0 Å². The Balaban J connectivity index is 1.88. The number of aromatic nitrogens is 3. The maximum atomic E-state index is 13.5. The van der Waals surface area contributed by atoms with E-state index >= 15 is 0 Å². The maximum Gasteiger partial charge on any atom is 0.416 e. The van der Waals surface area contributed by atoms with Gasteiger partial charge in [0.2, 0.25) is 0 Å². The summed E-state index contributed by atoms with van der Waals surface area (Å²) in [7, 11) is 0. The van der Waals surface area contributed by atoms with E-state index in [9.17, 15) is 31.9 Å². The molecule has 2 aromatic rings. The summed E-state index contributed by atoms with van der Waals surface area (Å²) in [5, 5.41) is 11.5. The maximum absolute atomic E-state index is 13.5. The fraction of sp³-hybridized carbons (Fsp3) is 0.375. The first-order valence-corrected chi connectivity index (χ1v) is 8.27. The highest BCUT2D eigenvalue weighted by atomic mass is 19.4. The number of aliphatic hydroxyl groups is 1. The number of aliphatic hydroxyl groups excluding tert-OH is 1. The number of rotatable bonds is 3. The van der Waals surface area contributed by atoms with Gasteiger partial charge in [0.25, 0.3) is 6.43 Å². The Morgan fingerprint density at radius 1 is 1.24 bits per heavy atom. The molecule has 0 aliphatic carbocycles. The third kappa shape index (κ3) is 3.52. The number of nitrogens with one attached hydrogen (secondary N) is 1. The zero-order valence-corrected chi connectivity index (χ0v) is 14.3. The zero-order chi connectivity index (χ0) is 20.9. The molecule has 0 spiro atoms. The monoisotopic (exact) mass is 417 g/mol. The van der Waals surface area contributed by atoms with Crippen LogP contribution in [0.1, 0.15) is 17.2 Å². The van der Waals surface area contributed by atoms with Gasteiger partial charge >= 0.3 is 12.3 Å². The van der Waals surface area contributed by atoms with Gasteiger partial charge in [-0.15, -0.1) is 0 Å². The molecule has 2 N–H and O–H groups in total. The largest absolute Gasteiger partial charge is 0.435 e. The van der Waals surface area contributed by atoms with E-state index in [-0.39, 0.29) is 41.7 Å². The second kappa shape index (κ2) is 6.76. The number of fused-ring (bicyclic) bond motifs is 1. The smallest absolute Gasteiger partial charge is 0.416 e. The molecule has 0 radical (unpaired) electrons. The average Bonchev–Trinajstić information content (AvgIpc) is 2.63. The van der Waals surface area contributed by atoms with E-state index in [1.54, 1.807) is 0 Å². The summed E-state index contributed by atoms with van der Waals surface area (Å²) in [6.07, 6.45) is -10.9. The topological polar surface area (TPSA) is 100 Å². The minimum absolute atomic E-state index is 0.0778. The van der Waals surface area contributed by atoms with E-state index in [0.717, 1.165) is 12.4 Å². The van der Waals surface area contributed by atoms with Gasteiger partial charge < -0.3 is 14.7 Å². The second-order valence-corrected chi connectivity index (χ2v) is 6.43. The Morgan fingerprint density at radius 3 is 2.59 bits per heavy atom. The molecule has 0 aromatic carbocycles. The van der Waals surface area contributed by atoms with Crippen LogP contribution in [-0.4, -0.2) is 51.8 Å². The fourth-order valence-corrected chi connectivity index (χ4v) is 3.05. The van der Waals surface area contributed by atoms with Gasteiger partial charge in [-0.3, -0.25) is 5.32 Å². The Labute approximate surface area is 159 Å². The van der Waals surface area contributed by atoms with Crippen molar-refractivity contribution >= 4 is 17.7 Å². The number of hydrogen-bond donors (Lipinski definition) is 2. The molecule has 0 bridgehead atoms. The van der Waals surface area contributed by atoms with Crippen LogP contribution < -0.4 is 10.2 Å². The Hall–Kier alpha value is -3.09. The van der Waals surface area contributed by atoms with Gasteiger partial charge in [0.05, 0.1) is 22.9 Å². The van der Waals surface area contributed by atoms with E-state index in [4.69, 9.17) is 0 Å². The van der Waals surface area contributed by atoms with Crippen molar-refractivity contribution in [3.05, 3.63) is 29.6 Å². The first-order valence-electron chi connectivity index (χ1n) is 8.27. The van der Waals surface area contributed by atoms with Crippen LogP contribution in [0.3, 0.4) is 0 Å². The molecule has 0 saturated carbocycles. The molecular formula is C16H12F5N5O3. The lowest BCUT2D eigenvalue weighted by atomic mass is 10.0. The summed E-state index contributed by atoms with van der Waals surface area (Å²) < 4.78 is 71.7. The van der Waals surface area contributed by atoms with E-state index in [2.05, 4.69) is 25.0 Å². The van der Waals surface area contributed by atoms with Crippen molar-refractivity contribution in [2.45, 2.75) is 24.8 Å². The highest BCUT2D eigenvalue weighted by molar-refractivity contribution is 5.88. The molecule has 4 heterocycles. The molecule has 29 heavy (non-hydrogen) atoms. The number of β-amino-alcohol motifs (C(OH)–C–C–N with tert-alkyl or cyclic N) is 1. The number of hydrogen-bond acceptors (Lipinski definition) is 7. The lowest BCUT2D eigenvalue weighted by Gasteiger charge is -2.37. The Bertz CT molecular complexity index is 964. The number of amides is 1. The molecule has 2 aliphatic heterocycles. The first kappa shape index (κ1) is 19.2. The van der Waals surface area contributed by atoms with Gasteiger partial charge in [0.1, 0.15) is 23.7 Å². The van der Waals surface area contributed by atoms with Gasteiger partial charge in [-0.25, -0.2) is 28.5 Å². The SMILES string of the molecule is O=C1Nc2ncnc(-c3cc(C(F)(F)F)cc(N4CC(O)C4)n3)c2C(C(F)F)O1. The molecule has 1 atom stereocenters. The Kier molecular flexibility index (Phi) is 4.48. The number of nitrogens with zero attached hydrogens (tertiary/aromatic N) is 4. The minimum atomic E-state index is -4.74. The summed E-state index contributed by atoms with van der Waals surface area (Å²) in [5.41, 5.74) is -2.11. The molecule has 1 saturated heterocycles. The second-order valence-electron chi connectivity index (χ2n) is 6.43. The lowest BCUT2D eigenvalue weighted by molar-refractivity contribution is -0.137. The summed E-state index contributed by atoms with van der Waals surface area (Å²) in [6.45, 7) is 0.156. The normalized spacial score (nSPS) is 19.5. The van der Waals surface area contributed by atoms with E-state index < -0.39 is 36.5 Å². The molecular weight excluding hydrogens is 405 g/mol. The third-order valence-corrected chi connectivity index (χ3v) is 4.42. The van der Waals surface area contributed by atoms with Gasteiger partial charge in [-0.2, -0.15) is 13.2 Å². The van der Waals surface area contributed by atoms with Gasteiger partial charge in [-0.1, -0.05) is 0 Å². The number of ether oxygens (including phenoxy) is 1. The molecule has 154 valence electrons. The van der Waals surface area contributed by atoms with Crippen molar-refractivity contribution in [1.29, 1.82) is 0 Å². The van der Waals surface area contributed by atoms with E-state index in [1.165, 1.54) is 4.90 Å². The van der Waals surface area contributed by atoms with Crippen molar-refractivity contribution in [1.82, 2.24) is 15.0 Å². The van der Waals surface area contributed by atoms with E-state index in [0.29, 0.717) is 6.07 Å². The van der Waals surface area contributed by atoms with Gasteiger partial charge in [-0.05, 0) is 12.1 Å². The molecule has 4 rings (SSSR count). The summed E-state index contributed by atoms with van der Waals surface area (Å²) in [5.74, 6) is -0.390.